The number of phenolic OH excluding ortho intramolecular Hbond substituents is 1. The monoisotopic (exact) mass is 502 g/mol. The summed E-state index contributed by atoms with van der Waals surface area (Å²) < 4.78 is 23.7. The summed E-state index contributed by atoms with van der Waals surface area (Å²) >= 11 is 0. The van der Waals surface area contributed by atoms with E-state index in [-0.39, 0.29) is 48.8 Å². The SMILES string of the molecule is C=CCOc1c(C)c2c(c3c1CC1[C@H]4c5c(cc(C)c(OC)c5O)C5[C@@H]([C@H](C#N)N1[C@H]3CN)N54)OCO2. The second kappa shape index (κ2) is 7.78. The molecule has 0 aliphatic carbocycles. The molecule has 9 nitrogen and oxygen atoms in total. The highest BCUT2D eigenvalue weighted by Gasteiger charge is 2.70. The number of piperazine rings is 1. The van der Waals surface area contributed by atoms with Gasteiger partial charge in [-0.1, -0.05) is 18.7 Å². The minimum absolute atomic E-state index is 0.0497. The number of phenols is 1. The average molecular weight is 503 g/mol. The number of aryl methyl sites for hydroxylation is 1. The van der Waals surface area contributed by atoms with Gasteiger partial charge in [0.1, 0.15) is 18.4 Å². The van der Waals surface area contributed by atoms with Gasteiger partial charge in [0.15, 0.2) is 23.0 Å². The maximum Gasteiger partial charge on any atom is 0.231 e. The molecular formula is C28H30N4O5. The number of rotatable bonds is 5. The molecule has 3 unspecified atom stereocenters. The molecule has 5 aliphatic heterocycles. The number of aromatic hydroxyl groups is 1. The van der Waals surface area contributed by atoms with Gasteiger partial charge >= 0.3 is 0 Å². The highest BCUT2D eigenvalue weighted by molar-refractivity contribution is 5.67. The molecular weight excluding hydrogens is 472 g/mol. The smallest absolute Gasteiger partial charge is 0.231 e. The Labute approximate surface area is 215 Å². The van der Waals surface area contributed by atoms with E-state index in [1.165, 1.54) is 0 Å². The number of fused-ring (bicyclic) bond motifs is 9. The molecule has 3 N–H and O–H groups in total. The number of hydrogen-bond acceptors (Lipinski definition) is 9. The third kappa shape index (κ3) is 2.68. The van der Waals surface area contributed by atoms with E-state index in [4.69, 9.17) is 24.7 Å². The molecule has 2 fully saturated rings. The van der Waals surface area contributed by atoms with Crippen LogP contribution in [-0.2, 0) is 6.42 Å². The Morgan fingerprint density at radius 3 is 2.70 bits per heavy atom. The maximum absolute atomic E-state index is 11.4. The van der Waals surface area contributed by atoms with Crippen molar-refractivity contribution >= 4 is 0 Å². The standard InChI is InChI=1S/C28H30N4O5/c1-5-6-35-26-13(3)27-28(37-11-36-27)19-15(26)8-16-22-20-14(7-12(2)25(34-4)24(20)33)21-23(32(21)22)18(10-30)31(16)17(19)9-29/h5,7,16-18,21-23,33H,1,6,8-9,11,29H2,2-4H3/t16?,17-,18-,21?,22-,23+,32?/m0/s1. The van der Waals surface area contributed by atoms with Gasteiger partial charge in [0.2, 0.25) is 6.79 Å². The molecule has 2 saturated heterocycles. The maximum atomic E-state index is 11.4. The van der Waals surface area contributed by atoms with E-state index in [1.807, 2.05) is 13.8 Å². The summed E-state index contributed by atoms with van der Waals surface area (Å²) in [5, 5.41) is 21.8. The number of ether oxygens (including phenoxy) is 4. The molecule has 2 aromatic rings. The van der Waals surface area contributed by atoms with Crippen LogP contribution in [0, 0.1) is 25.2 Å². The van der Waals surface area contributed by atoms with E-state index in [0.29, 0.717) is 36.8 Å². The van der Waals surface area contributed by atoms with Crippen molar-refractivity contribution in [1.82, 2.24) is 9.80 Å². The lowest BCUT2D eigenvalue weighted by Crippen LogP contribution is -2.60. The van der Waals surface area contributed by atoms with Gasteiger partial charge in [-0.2, -0.15) is 5.26 Å². The molecule has 0 saturated carbocycles. The Morgan fingerprint density at radius 1 is 1.22 bits per heavy atom. The van der Waals surface area contributed by atoms with Crippen LogP contribution in [0.25, 0.3) is 0 Å². The zero-order valence-corrected chi connectivity index (χ0v) is 21.2. The lowest BCUT2D eigenvalue weighted by atomic mass is 9.76. The summed E-state index contributed by atoms with van der Waals surface area (Å²) in [4.78, 5) is 4.67. The van der Waals surface area contributed by atoms with Gasteiger partial charge in [-0.25, -0.2) is 0 Å². The van der Waals surface area contributed by atoms with Crippen LogP contribution in [0.3, 0.4) is 0 Å². The van der Waals surface area contributed by atoms with Crippen molar-refractivity contribution in [2.24, 2.45) is 5.73 Å². The van der Waals surface area contributed by atoms with Crippen molar-refractivity contribution < 1.29 is 24.1 Å². The lowest BCUT2D eigenvalue weighted by molar-refractivity contribution is 0.00917. The van der Waals surface area contributed by atoms with Crippen LogP contribution in [0.15, 0.2) is 18.7 Å². The van der Waals surface area contributed by atoms with E-state index >= 15 is 0 Å². The molecule has 9 heteroatoms. The predicted molar refractivity (Wildman–Crippen MR) is 134 cm³/mol. The fourth-order valence-electron chi connectivity index (χ4n) is 7.65. The Morgan fingerprint density at radius 2 is 2.00 bits per heavy atom. The molecule has 0 bridgehead atoms. The van der Waals surface area contributed by atoms with Gasteiger partial charge in [0.25, 0.3) is 0 Å². The summed E-state index contributed by atoms with van der Waals surface area (Å²) in [5.41, 5.74) is 12.3. The van der Waals surface area contributed by atoms with Crippen LogP contribution in [0.5, 0.6) is 28.7 Å². The largest absolute Gasteiger partial charge is 0.504 e. The molecule has 0 aromatic heterocycles. The van der Waals surface area contributed by atoms with E-state index in [2.05, 4.69) is 28.5 Å². The molecule has 7 rings (SSSR count). The topological polar surface area (TPSA) is 113 Å². The number of nitrogens with two attached hydrogens (primary N) is 1. The highest BCUT2D eigenvalue weighted by atomic mass is 16.7. The Kier molecular flexibility index (Phi) is 4.78. The van der Waals surface area contributed by atoms with Gasteiger partial charge in [-0.15, -0.1) is 0 Å². The summed E-state index contributed by atoms with van der Waals surface area (Å²) in [7, 11) is 1.59. The van der Waals surface area contributed by atoms with Gasteiger partial charge in [0.05, 0.1) is 37.3 Å². The first-order valence-corrected chi connectivity index (χ1v) is 12.7. The zero-order chi connectivity index (χ0) is 25.7. The van der Waals surface area contributed by atoms with Gasteiger partial charge in [0, 0.05) is 34.8 Å². The molecule has 0 spiro atoms. The number of benzene rings is 2. The van der Waals surface area contributed by atoms with Gasteiger partial charge in [-0.3, -0.25) is 9.80 Å². The van der Waals surface area contributed by atoms with Gasteiger partial charge < -0.3 is 29.8 Å². The van der Waals surface area contributed by atoms with Crippen molar-refractivity contribution in [3.05, 3.63) is 52.1 Å². The normalized spacial score (nSPS) is 31.5. The van der Waals surface area contributed by atoms with Crippen LogP contribution in [0.2, 0.25) is 0 Å². The zero-order valence-electron chi connectivity index (χ0n) is 21.2. The van der Waals surface area contributed by atoms with E-state index in [1.54, 1.807) is 13.2 Å². The summed E-state index contributed by atoms with van der Waals surface area (Å²) in [5.74, 6) is 2.85. The fourth-order valence-corrected chi connectivity index (χ4v) is 7.65. The first-order valence-electron chi connectivity index (χ1n) is 12.7. The van der Waals surface area contributed by atoms with Crippen molar-refractivity contribution in [2.75, 3.05) is 27.1 Å². The summed E-state index contributed by atoms with van der Waals surface area (Å²) in [6.07, 6.45) is 2.34. The Hall–Kier alpha value is -3.45. The molecule has 0 amide bonds. The predicted octanol–water partition coefficient (Wildman–Crippen LogP) is 2.92. The molecule has 5 aliphatic rings. The Balaban J connectivity index is 1.45. The van der Waals surface area contributed by atoms with E-state index in [9.17, 15) is 10.4 Å². The van der Waals surface area contributed by atoms with Crippen LogP contribution < -0.4 is 24.7 Å². The first kappa shape index (κ1) is 22.7. The second-order valence-corrected chi connectivity index (χ2v) is 10.5. The minimum atomic E-state index is -0.345. The van der Waals surface area contributed by atoms with Crippen molar-refractivity contribution in [1.29, 1.82) is 5.26 Å². The van der Waals surface area contributed by atoms with Crippen LogP contribution >= 0.6 is 0 Å². The fraction of sp³-hybridized carbons (Fsp3) is 0.464. The van der Waals surface area contributed by atoms with E-state index in [0.717, 1.165) is 39.1 Å². The number of hydrogen-bond donors (Lipinski definition) is 2. The third-order valence-corrected chi connectivity index (χ3v) is 8.89. The molecule has 5 heterocycles. The van der Waals surface area contributed by atoms with Crippen molar-refractivity contribution in [3.8, 4) is 34.8 Å². The minimum Gasteiger partial charge on any atom is -0.504 e. The number of methoxy groups -OCH3 is 1. The number of nitrogens with zero attached hydrogens (tertiary/aromatic N) is 3. The Bertz CT molecular complexity index is 1400. The average Bonchev–Trinajstić information content (AvgIpc) is 3.24. The molecule has 37 heavy (non-hydrogen) atoms. The highest BCUT2D eigenvalue weighted by Crippen LogP contribution is 2.69. The van der Waals surface area contributed by atoms with Crippen LogP contribution in [0.1, 0.15) is 51.5 Å². The summed E-state index contributed by atoms with van der Waals surface area (Å²) in [6.45, 7) is 8.55. The van der Waals surface area contributed by atoms with Gasteiger partial charge in [-0.05, 0) is 31.4 Å². The quantitative estimate of drug-likeness (QED) is 0.471. The van der Waals surface area contributed by atoms with Crippen molar-refractivity contribution in [3.63, 3.8) is 0 Å². The molecule has 7 atom stereocenters. The lowest BCUT2D eigenvalue weighted by Gasteiger charge is -2.51. The molecule has 192 valence electrons. The summed E-state index contributed by atoms with van der Waals surface area (Å²) in [6, 6.07) is 4.07. The second-order valence-electron chi connectivity index (χ2n) is 10.5. The number of nitriles is 1. The molecule has 2 aromatic carbocycles. The molecule has 0 radical (unpaired) electrons. The third-order valence-electron chi connectivity index (χ3n) is 8.89. The van der Waals surface area contributed by atoms with Crippen molar-refractivity contribution in [2.45, 2.75) is 56.5 Å². The van der Waals surface area contributed by atoms with Crippen LogP contribution in [0.4, 0.5) is 0 Å². The first-order chi connectivity index (χ1) is 18.0. The van der Waals surface area contributed by atoms with Crippen LogP contribution in [-0.4, -0.2) is 60.1 Å². The van der Waals surface area contributed by atoms with E-state index < -0.39 is 0 Å².